The quantitative estimate of drug-likeness (QED) is 0.784. The number of benzene rings is 1. The third kappa shape index (κ3) is 4.79. The standard InChI is InChI=1S/C14H17NO6/c1-14(2,3)21-13(20)15-7-8-5-4-6-9(11(16)17)10(8)12(18)19/h4-6H,7H2,1-3H3,(H,15,20)(H,16,17)(H,18,19). The number of aromatic carboxylic acids is 2. The number of carboxylic acid groups (broad SMARTS) is 2. The second-order valence-corrected chi connectivity index (χ2v) is 5.31. The van der Waals surface area contributed by atoms with Crippen LogP contribution in [0.2, 0.25) is 0 Å². The van der Waals surface area contributed by atoms with Crippen LogP contribution in [-0.4, -0.2) is 33.8 Å². The fraction of sp³-hybridized carbons (Fsp3) is 0.357. The molecule has 1 aromatic carbocycles. The largest absolute Gasteiger partial charge is 0.478 e. The molecule has 0 fully saturated rings. The Labute approximate surface area is 121 Å². The van der Waals surface area contributed by atoms with Crippen molar-refractivity contribution in [1.82, 2.24) is 5.32 Å². The van der Waals surface area contributed by atoms with Gasteiger partial charge >= 0.3 is 18.0 Å². The van der Waals surface area contributed by atoms with Crippen LogP contribution in [-0.2, 0) is 11.3 Å². The van der Waals surface area contributed by atoms with Gasteiger partial charge in [-0.05, 0) is 32.4 Å². The van der Waals surface area contributed by atoms with Gasteiger partial charge in [-0.25, -0.2) is 14.4 Å². The molecule has 0 unspecified atom stereocenters. The van der Waals surface area contributed by atoms with E-state index in [-0.39, 0.29) is 23.2 Å². The Morgan fingerprint density at radius 3 is 2.24 bits per heavy atom. The van der Waals surface area contributed by atoms with Gasteiger partial charge in [0.25, 0.3) is 0 Å². The summed E-state index contributed by atoms with van der Waals surface area (Å²) < 4.78 is 5.02. The highest BCUT2D eigenvalue weighted by molar-refractivity contribution is 6.02. The lowest BCUT2D eigenvalue weighted by Crippen LogP contribution is -2.32. The van der Waals surface area contributed by atoms with Crippen molar-refractivity contribution in [1.29, 1.82) is 0 Å². The summed E-state index contributed by atoms with van der Waals surface area (Å²) in [5.74, 6) is -2.71. The number of amides is 1. The van der Waals surface area contributed by atoms with Gasteiger partial charge in [0.05, 0.1) is 11.1 Å². The number of carbonyl (C=O) groups is 3. The Morgan fingerprint density at radius 1 is 1.14 bits per heavy atom. The molecule has 0 aliphatic rings. The maximum Gasteiger partial charge on any atom is 0.407 e. The summed E-state index contributed by atoms with van der Waals surface area (Å²) in [7, 11) is 0. The van der Waals surface area contributed by atoms with Crippen molar-refractivity contribution < 1.29 is 29.3 Å². The van der Waals surface area contributed by atoms with Crippen LogP contribution in [0.5, 0.6) is 0 Å². The molecule has 21 heavy (non-hydrogen) atoms. The minimum atomic E-state index is -1.37. The molecule has 0 heterocycles. The molecule has 0 spiro atoms. The monoisotopic (exact) mass is 295 g/mol. The van der Waals surface area contributed by atoms with Gasteiger partial charge in [0.15, 0.2) is 0 Å². The number of carbonyl (C=O) groups excluding carboxylic acids is 1. The van der Waals surface area contributed by atoms with Gasteiger partial charge in [0.2, 0.25) is 0 Å². The number of nitrogens with one attached hydrogen (secondary N) is 1. The predicted molar refractivity (Wildman–Crippen MR) is 73.4 cm³/mol. The lowest BCUT2D eigenvalue weighted by molar-refractivity contribution is 0.0520. The van der Waals surface area contributed by atoms with Crippen molar-refractivity contribution in [2.75, 3.05) is 0 Å². The van der Waals surface area contributed by atoms with E-state index in [1.54, 1.807) is 20.8 Å². The highest BCUT2D eigenvalue weighted by Gasteiger charge is 2.21. The Kier molecular flexibility index (Phi) is 4.91. The van der Waals surface area contributed by atoms with Crippen molar-refractivity contribution in [3.8, 4) is 0 Å². The zero-order valence-electron chi connectivity index (χ0n) is 12.0. The highest BCUT2D eigenvalue weighted by Crippen LogP contribution is 2.16. The van der Waals surface area contributed by atoms with Crippen LogP contribution in [0, 0.1) is 0 Å². The summed E-state index contributed by atoms with van der Waals surface area (Å²) in [4.78, 5) is 33.8. The van der Waals surface area contributed by atoms with Gasteiger partial charge < -0.3 is 20.3 Å². The third-order valence-corrected chi connectivity index (χ3v) is 2.42. The second kappa shape index (κ2) is 6.25. The van der Waals surface area contributed by atoms with Crippen LogP contribution in [0.4, 0.5) is 4.79 Å². The van der Waals surface area contributed by atoms with E-state index < -0.39 is 23.6 Å². The molecule has 7 nitrogen and oxygen atoms in total. The molecule has 0 saturated heterocycles. The summed E-state index contributed by atoms with van der Waals surface area (Å²) in [6.07, 6.45) is -0.709. The zero-order chi connectivity index (χ0) is 16.2. The van der Waals surface area contributed by atoms with Gasteiger partial charge in [-0.2, -0.15) is 0 Å². The fourth-order valence-corrected chi connectivity index (χ4v) is 1.66. The smallest absolute Gasteiger partial charge is 0.407 e. The molecule has 3 N–H and O–H groups in total. The van der Waals surface area contributed by atoms with Crippen molar-refractivity contribution >= 4 is 18.0 Å². The molecule has 1 aromatic rings. The Hall–Kier alpha value is -2.57. The summed E-state index contributed by atoms with van der Waals surface area (Å²) in [5.41, 5.74) is -1.16. The molecule has 7 heteroatoms. The van der Waals surface area contributed by atoms with E-state index in [0.29, 0.717) is 0 Å². The van der Waals surface area contributed by atoms with Gasteiger partial charge in [0, 0.05) is 6.54 Å². The van der Waals surface area contributed by atoms with Crippen molar-refractivity contribution in [2.24, 2.45) is 0 Å². The van der Waals surface area contributed by atoms with E-state index in [0.717, 1.165) is 0 Å². The lowest BCUT2D eigenvalue weighted by atomic mass is 10.0. The summed E-state index contributed by atoms with van der Waals surface area (Å²) in [5, 5.41) is 20.5. The van der Waals surface area contributed by atoms with Crippen LogP contribution >= 0.6 is 0 Å². The number of rotatable bonds is 4. The molecule has 0 bridgehead atoms. The van der Waals surface area contributed by atoms with Crippen LogP contribution < -0.4 is 5.32 Å². The number of carboxylic acids is 2. The van der Waals surface area contributed by atoms with E-state index in [1.165, 1.54) is 18.2 Å². The molecular formula is C14H17NO6. The average Bonchev–Trinajstić information content (AvgIpc) is 2.33. The SMILES string of the molecule is CC(C)(C)OC(=O)NCc1cccc(C(=O)O)c1C(=O)O. The number of hydrogen-bond donors (Lipinski definition) is 3. The first-order chi connectivity index (χ1) is 9.61. The normalized spacial score (nSPS) is 10.8. The maximum atomic E-state index is 11.5. The molecule has 0 aromatic heterocycles. The lowest BCUT2D eigenvalue weighted by Gasteiger charge is -2.20. The fourth-order valence-electron chi connectivity index (χ4n) is 1.66. The predicted octanol–water partition coefficient (Wildman–Crippen LogP) is 2.11. The average molecular weight is 295 g/mol. The molecule has 0 radical (unpaired) electrons. The van der Waals surface area contributed by atoms with Gasteiger partial charge in [-0.3, -0.25) is 0 Å². The van der Waals surface area contributed by atoms with E-state index >= 15 is 0 Å². The minimum Gasteiger partial charge on any atom is -0.478 e. The molecule has 0 atom stereocenters. The number of alkyl carbamates (subject to hydrolysis) is 1. The minimum absolute atomic E-state index is 0.141. The zero-order valence-corrected chi connectivity index (χ0v) is 12.0. The number of hydrogen-bond acceptors (Lipinski definition) is 4. The third-order valence-electron chi connectivity index (χ3n) is 2.42. The Balaban J connectivity index is 2.94. The van der Waals surface area contributed by atoms with E-state index in [2.05, 4.69) is 5.32 Å². The molecule has 1 rings (SSSR count). The first-order valence-corrected chi connectivity index (χ1v) is 6.17. The Bertz CT molecular complexity index is 573. The van der Waals surface area contributed by atoms with Crippen LogP contribution in [0.25, 0.3) is 0 Å². The first-order valence-electron chi connectivity index (χ1n) is 6.17. The molecule has 0 saturated carbocycles. The van der Waals surface area contributed by atoms with E-state index in [9.17, 15) is 14.4 Å². The van der Waals surface area contributed by atoms with Gasteiger partial charge in [0.1, 0.15) is 5.60 Å². The maximum absolute atomic E-state index is 11.5. The number of ether oxygens (including phenoxy) is 1. The summed E-state index contributed by atoms with van der Waals surface area (Å²) >= 11 is 0. The van der Waals surface area contributed by atoms with E-state index in [4.69, 9.17) is 14.9 Å². The topological polar surface area (TPSA) is 113 Å². The van der Waals surface area contributed by atoms with Crippen molar-refractivity contribution in [3.05, 3.63) is 34.9 Å². The molecule has 0 aliphatic carbocycles. The Morgan fingerprint density at radius 2 is 1.76 bits per heavy atom. The van der Waals surface area contributed by atoms with Crippen LogP contribution in [0.15, 0.2) is 18.2 Å². The highest BCUT2D eigenvalue weighted by atomic mass is 16.6. The molecule has 0 aliphatic heterocycles. The van der Waals surface area contributed by atoms with E-state index in [1.807, 2.05) is 0 Å². The summed E-state index contributed by atoms with van der Waals surface area (Å²) in [6.45, 7) is 4.94. The van der Waals surface area contributed by atoms with Gasteiger partial charge in [-0.15, -0.1) is 0 Å². The molecule has 114 valence electrons. The van der Waals surface area contributed by atoms with Crippen LogP contribution in [0.3, 0.4) is 0 Å². The van der Waals surface area contributed by atoms with Gasteiger partial charge in [-0.1, -0.05) is 12.1 Å². The first kappa shape index (κ1) is 16.5. The van der Waals surface area contributed by atoms with Crippen molar-refractivity contribution in [2.45, 2.75) is 32.9 Å². The van der Waals surface area contributed by atoms with Crippen molar-refractivity contribution in [3.63, 3.8) is 0 Å². The second-order valence-electron chi connectivity index (χ2n) is 5.31. The summed E-state index contributed by atoms with van der Waals surface area (Å²) in [6, 6.07) is 4.05. The molecule has 1 amide bonds. The molecular weight excluding hydrogens is 278 g/mol. The van der Waals surface area contributed by atoms with Crippen LogP contribution in [0.1, 0.15) is 47.1 Å².